The molecule has 3 N–H and O–H groups in total. The van der Waals surface area contributed by atoms with Gasteiger partial charge in [-0.3, -0.25) is 4.79 Å². The molecule has 2 rings (SSSR count). The highest BCUT2D eigenvalue weighted by Crippen LogP contribution is 2.27. The zero-order valence-electron chi connectivity index (χ0n) is 17.9. The van der Waals surface area contributed by atoms with Crippen molar-refractivity contribution in [2.24, 2.45) is 0 Å². The van der Waals surface area contributed by atoms with Crippen molar-refractivity contribution in [2.45, 2.75) is 19.5 Å². The molecule has 0 saturated carbocycles. The molecular formula is C21H26N4O5S. The van der Waals surface area contributed by atoms with Crippen LogP contribution in [0.2, 0.25) is 0 Å². The first-order valence-corrected chi connectivity index (χ1v) is 11.3. The van der Waals surface area contributed by atoms with Crippen LogP contribution in [-0.4, -0.2) is 47.4 Å². The number of rotatable bonds is 10. The molecule has 0 saturated heterocycles. The minimum Gasteiger partial charge on any atom is -0.493 e. The molecule has 10 heteroatoms. The summed E-state index contributed by atoms with van der Waals surface area (Å²) in [6.45, 7) is 2.16. The second-order valence-electron chi connectivity index (χ2n) is 6.91. The highest BCUT2D eigenvalue weighted by Gasteiger charge is 2.15. The summed E-state index contributed by atoms with van der Waals surface area (Å²) in [6, 6.07) is 11.8. The van der Waals surface area contributed by atoms with Crippen LogP contribution in [-0.2, 0) is 16.6 Å². The SMILES string of the molecule is COc1ccc(CNC(=O)c2cc(C#N)ccc2NC(C)CNS(C)(=O)=O)cc1OC. The maximum atomic E-state index is 12.9. The number of nitrogens with zero attached hydrogens (tertiary/aromatic N) is 1. The first-order valence-electron chi connectivity index (χ1n) is 9.41. The molecule has 9 nitrogen and oxygen atoms in total. The van der Waals surface area contributed by atoms with Crippen LogP contribution in [0.25, 0.3) is 0 Å². The molecule has 1 atom stereocenters. The monoisotopic (exact) mass is 446 g/mol. The van der Waals surface area contributed by atoms with E-state index in [-0.39, 0.29) is 30.6 Å². The summed E-state index contributed by atoms with van der Waals surface area (Å²) in [6.07, 6.45) is 1.08. The van der Waals surface area contributed by atoms with Crippen LogP contribution >= 0.6 is 0 Å². The van der Waals surface area contributed by atoms with Gasteiger partial charge in [-0.1, -0.05) is 6.07 Å². The third-order valence-corrected chi connectivity index (χ3v) is 5.04. The average molecular weight is 447 g/mol. The van der Waals surface area contributed by atoms with Crippen molar-refractivity contribution in [3.63, 3.8) is 0 Å². The zero-order valence-corrected chi connectivity index (χ0v) is 18.7. The van der Waals surface area contributed by atoms with E-state index in [2.05, 4.69) is 15.4 Å². The van der Waals surface area contributed by atoms with Crippen molar-refractivity contribution < 1.29 is 22.7 Å². The Morgan fingerprint density at radius 2 is 1.84 bits per heavy atom. The van der Waals surface area contributed by atoms with Gasteiger partial charge in [-0.2, -0.15) is 5.26 Å². The Kier molecular flexibility index (Phi) is 8.24. The summed E-state index contributed by atoms with van der Waals surface area (Å²) in [5.41, 5.74) is 1.92. The van der Waals surface area contributed by atoms with Crippen LogP contribution in [0.4, 0.5) is 5.69 Å². The van der Waals surface area contributed by atoms with E-state index in [1.165, 1.54) is 13.2 Å². The van der Waals surface area contributed by atoms with E-state index in [1.807, 2.05) is 12.1 Å². The molecule has 0 aliphatic carbocycles. The molecule has 0 bridgehead atoms. The number of nitrogens with one attached hydrogen (secondary N) is 3. The number of methoxy groups -OCH3 is 2. The topological polar surface area (TPSA) is 130 Å². The molecule has 2 aromatic rings. The predicted molar refractivity (Wildman–Crippen MR) is 118 cm³/mol. The minimum atomic E-state index is -3.33. The average Bonchev–Trinajstić information content (AvgIpc) is 2.75. The number of ether oxygens (including phenoxy) is 2. The van der Waals surface area contributed by atoms with E-state index in [0.29, 0.717) is 22.7 Å². The Labute approximate surface area is 182 Å². The van der Waals surface area contributed by atoms with Gasteiger partial charge in [0, 0.05) is 24.8 Å². The second-order valence-corrected chi connectivity index (χ2v) is 8.74. The summed E-state index contributed by atoms with van der Waals surface area (Å²) in [7, 11) is -0.253. The van der Waals surface area contributed by atoms with Crippen LogP contribution in [0.3, 0.4) is 0 Å². The summed E-state index contributed by atoms with van der Waals surface area (Å²) in [5.74, 6) is 0.760. The van der Waals surface area contributed by atoms with Gasteiger partial charge in [0.05, 0.1) is 37.7 Å². The lowest BCUT2D eigenvalue weighted by Gasteiger charge is -2.18. The van der Waals surface area contributed by atoms with Crippen LogP contribution in [0.5, 0.6) is 11.5 Å². The molecule has 0 fully saturated rings. The first kappa shape index (κ1) is 24.0. The summed E-state index contributed by atoms with van der Waals surface area (Å²) in [5, 5.41) is 15.1. The number of amides is 1. The maximum Gasteiger partial charge on any atom is 0.253 e. The molecular weight excluding hydrogens is 420 g/mol. The lowest BCUT2D eigenvalue weighted by molar-refractivity contribution is 0.0951. The standard InChI is InChI=1S/C21H26N4O5S/c1-14(12-24-31(4,27)28)25-18-7-5-15(11-22)9-17(18)21(26)23-13-16-6-8-19(29-2)20(10-16)30-3/h5-10,14,24-25H,12-13H2,1-4H3,(H,23,26). The van der Waals surface area contributed by atoms with Crippen molar-refractivity contribution in [1.82, 2.24) is 10.0 Å². The third kappa shape index (κ3) is 7.16. The summed E-state index contributed by atoms with van der Waals surface area (Å²) >= 11 is 0. The van der Waals surface area contributed by atoms with Crippen LogP contribution in [0, 0.1) is 11.3 Å². The summed E-state index contributed by atoms with van der Waals surface area (Å²) in [4.78, 5) is 12.9. The second kappa shape index (κ2) is 10.7. The molecule has 0 aromatic heterocycles. The quantitative estimate of drug-likeness (QED) is 0.508. The molecule has 1 amide bonds. The van der Waals surface area contributed by atoms with Crippen LogP contribution in [0.15, 0.2) is 36.4 Å². The zero-order chi connectivity index (χ0) is 23.0. The Hall–Kier alpha value is -3.29. The number of nitriles is 1. The molecule has 31 heavy (non-hydrogen) atoms. The van der Waals surface area contributed by atoms with Gasteiger partial charge in [-0.15, -0.1) is 0 Å². The van der Waals surface area contributed by atoms with E-state index in [1.54, 1.807) is 38.3 Å². The van der Waals surface area contributed by atoms with Crippen molar-refractivity contribution in [1.29, 1.82) is 5.26 Å². The molecule has 166 valence electrons. The van der Waals surface area contributed by atoms with Gasteiger partial charge in [0.15, 0.2) is 11.5 Å². The lowest BCUT2D eigenvalue weighted by atomic mass is 10.1. The van der Waals surface area contributed by atoms with Gasteiger partial charge in [0.25, 0.3) is 5.91 Å². The normalized spacial score (nSPS) is 11.8. The van der Waals surface area contributed by atoms with E-state index < -0.39 is 10.0 Å². The number of carbonyl (C=O) groups excluding carboxylic acids is 1. The Morgan fingerprint density at radius 1 is 1.13 bits per heavy atom. The number of benzene rings is 2. The molecule has 0 radical (unpaired) electrons. The van der Waals surface area contributed by atoms with Gasteiger partial charge in [0.1, 0.15) is 0 Å². The van der Waals surface area contributed by atoms with Gasteiger partial charge in [-0.25, -0.2) is 13.1 Å². The molecule has 0 aliphatic rings. The highest BCUT2D eigenvalue weighted by atomic mass is 32.2. The number of sulfonamides is 1. The van der Waals surface area contributed by atoms with Gasteiger partial charge >= 0.3 is 0 Å². The minimum absolute atomic E-state index is 0.144. The Bertz CT molecular complexity index is 1080. The number of anilines is 1. The van der Waals surface area contributed by atoms with Crippen molar-refractivity contribution in [3.8, 4) is 17.6 Å². The van der Waals surface area contributed by atoms with Crippen molar-refractivity contribution >= 4 is 21.6 Å². The molecule has 0 spiro atoms. The largest absolute Gasteiger partial charge is 0.493 e. The van der Waals surface area contributed by atoms with E-state index in [4.69, 9.17) is 9.47 Å². The van der Waals surface area contributed by atoms with Crippen molar-refractivity contribution in [3.05, 3.63) is 53.1 Å². The molecule has 0 aliphatic heterocycles. The highest BCUT2D eigenvalue weighted by molar-refractivity contribution is 7.88. The third-order valence-electron chi connectivity index (χ3n) is 4.35. The Balaban J connectivity index is 2.16. The lowest BCUT2D eigenvalue weighted by Crippen LogP contribution is -2.34. The number of hydrogen-bond acceptors (Lipinski definition) is 7. The van der Waals surface area contributed by atoms with Crippen LogP contribution < -0.4 is 24.8 Å². The van der Waals surface area contributed by atoms with Gasteiger partial charge in [0.2, 0.25) is 10.0 Å². The fourth-order valence-corrected chi connectivity index (χ4v) is 3.34. The Morgan fingerprint density at radius 3 is 2.45 bits per heavy atom. The van der Waals surface area contributed by atoms with Crippen LogP contribution in [0.1, 0.15) is 28.4 Å². The molecule has 1 unspecified atom stereocenters. The maximum absolute atomic E-state index is 12.9. The number of hydrogen-bond donors (Lipinski definition) is 3. The fourth-order valence-electron chi connectivity index (χ4n) is 2.79. The molecule has 0 heterocycles. The summed E-state index contributed by atoms with van der Waals surface area (Å²) < 4.78 is 35.5. The predicted octanol–water partition coefficient (Wildman–Crippen LogP) is 1.86. The van der Waals surface area contributed by atoms with E-state index in [0.717, 1.165) is 11.8 Å². The van der Waals surface area contributed by atoms with Crippen molar-refractivity contribution in [2.75, 3.05) is 32.3 Å². The van der Waals surface area contributed by atoms with Gasteiger partial charge in [-0.05, 0) is 42.8 Å². The smallest absolute Gasteiger partial charge is 0.253 e. The van der Waals surface area contributed by atoms with E-state index in [9.17, 15) is 18.5 Å². The fraction of sp³-hybridized carbons (Fsp3) is 0.333. The van der Waals surface area contributed by atoms with E-state index >= 15 is 0 Å². The van der Waals surface area contributed by atoms with Gasteiger partial charge < -0.3 is 20.1 Å². The first-order chi connectivity index (χ1) is 14.7. The number of carbonyl (C=O) groups is 1. The molecule has 2 aromatic carbocycles.